The van der Waals surface area contributed by atoms with Crippen molar-refractivity contribution in [2.75, 3.05) is 32.9 Å². The van der Waals surface area contributed by atoms with E-state index < -0.39 is 24.4 Å². The molecule has 1 aliphatic rings. The van der Waals surface area contributed by atoms with Gasteiger partial charge in [0.1, 0.15) is 12.2 Å². The molecule has 0 aromatic heterocycles. The van der Waals surface area contributed by atoms with E-state index in [1.807, 2.05) is 4.90 Å². The second-order valence-electron chi connectivity index (χ2n) is 6.53. The Morgan fingerprint density at radius 3 is 2.17 bits per heavy atom. The molecule has 4 N–H and O–H groups in total. The zero-order valence-electron chi connectivity index (χ0n) is 14.4. The summed E-state index contributed by atoms with van der Waals surface area (Å²) in [5.74, 6) is 0. The van der Waals surface area contributed by atoms with Crippen molar-refractivity contribution in [3.8, 4) is 0 Å². The van der Waals surface area contributed by atoms with Gasteiger partial charge in [0.05, 0.1) is 18.8 Å². The first-order chi connectivity index (χ1) is 11.1. The van der Waals surface area contributed by atoms with Crippen molar-refractivity contribution in [1.29, 1.82) is 0 Å². The zero-order chi connectivity index (χ0) is 17.1. The number of β-amino-alcohol motifs (C(OH)–C–C–N with tert-alkyl or cyclic N) is 1. The van der Waals surface area contributed by atoms with Gasteiger partial charge >= 0.3 is 0 Å². The summed E-state index contributed by atoms with van der Waals surface area (Å²) in [5, 5.41) is 38.7. The maximum Gasteiger partial charge on any atom is 0.109 e. The fraction of sp³-hybridized carbons (Fsp3) is 1.00. The van der Waals surface area contributed by atoms with Gasteiger partial charge in [-0.05, 0) is 32.2 Å². The van der Waals surface area contributed by atoms with Crippen LogP contribution in [0.3, 0.4) is 0 Å². The molecule has 0 aromatic rings. The van der Waals surface area contributed by atoms with E-state index in [1.54, 1.807) is 0 Å². The summed E-state index contributed by atoms with van der Waals surface area (Å²) in [7, 11) is 0. The molecule has 138 valence electrons. The number of rotatable bonds is 12. The highest BCUT2D eigenvalue weighted by Gasteiger charge is 2.40. The van der Waals surface area contributed by atoms with E-state index >= 15 is 0 Å². The molecule has 4 atom stereocenters. The van der Waals surface area contributed by atoms with Gasteiger partial charge in [0.25, 0.3) is 0 Å². The first-order valence-corrected chi connectivity index (χ1v) is 9.08. The van der Waals surface area contributed by atoms with Crippen LogP contribution in [0.1, 0.15) is 51.9 Å². The Balaban J connectivity index is 2.08. The lowest BCUT2D eigenvalue weighted by Gasteiger charge is -2.43. The summed E-state index contributed by atoms with van der Waals surface area (Å²) in [6.07, 6.45) is 4.59. The number of piperidine rings is 1. The second kappa shape index (κ2) is 12.2. The van der Waals surface area contributed by atoms with Gasteiger partial charge in [-0.15, -0.1) is 0 Å². The van der Waals surface area contributed by atoms with E-state index in [0.29, 0.717) is 6.54 Å². The van der Waals surface area contributed by atoms with Crippen molar-refractivity contribution in [3.63, 3.8) is 0 Å². The number of likely N-dealkylation sites (tertiary alicyclic amines) is 1. The van der Waals surface area contributed by atoms with Crippen molar-refractivity contribution in [2.24, 2.45) is 0 Å². The summed E-state index contributed by atoms with van der Waals surface area (Å²) < 4.78 is 5.60. The Hall–Kier alpha value is -0.240. The molecule has 1 saturated heterocycles. The number of hydrogen-bond donors (Lipinski definition) is 4. The summed E-state index contributed by atoms with van der Waals surface area (Å²) in [6.45, 7) is 4.59. The molecule has 0 aromatic carbocycles. The third-order valence-corrected chi connectivity index (χ3v) is 4.59. The van der Waals surface area contributed by atoms with Gasteiger partial charge < -0.3 is 25.2 Å². The topological polar surface area (TPSA) is 93.4 Å². The summed E-state index contributed by atoms with van der Waals surface area (Å²) >= 11 is 0. The van der Waals surface area contributed by atoms with Crippen molar-refractivity contribution in [2.45, 2.75) is 76.2 Å². The predicted octanol–water partition coefficient (Wildman–Crippen LogP) is 0.513. The minimum atomic E-state index is -1.18. The van der Waals surface area contributed by atoms with E-state index in [0.717, 1.165) is 38.9 Å². The maximum absolute atomic E-state index is 9.91. The third kappa shape index (κ3) is 7.45. The number of aliphatic hydroxyl groups excluding tert-OH is 4. The zero-order valence-corrected chi connectivity index (χ0v) is 14.4. The molecule has 6 nitrogen and oxygen atoms in total. The Morgan fingerprint density at radius 1 is 0.913 bits per heavy atom. The fourth-order valence-corrected chi connectivity index (χ4v) is 3.06. The first kappa shape index (κ1) is 20.8. The molecular weight excluding hydrogens is 298 g/mol. The largest absolute Gasteiger partial charge is 0.395 e. The van der Waals surface area contributed by atoms with Crippen LogP contribution in [-0.2, 0) is 4.74 Å². The van der Waals surface area contributed by atoms with Crippen LogP contribution in [0.15, 0.2) is 0 Å². The van der Waals surface area contributed by atoms with Gasteiger partial charge in [0.2, 0.25) is 0 Å². The Labute approximate surface area is 140 Å². The van der Waals surface area contributed by atoms with E-state index in [-0.39, 0.29) is 13.2 Å². The first-order valence-electron chi connectivity index (χ1n) is 9.08. The van der Waals surface area contributed by atoms with E-state index in [1.165, 1.54) is 19.3 Å². The molecule has 23 heavy (non-hydrogen) atoms. The van der Waals surface area contributed by atoms with Gasteiger partial charge in [-0.2, -0.15) is 0 Å². The molecule has 0 aliphatic carbocycles. The van der Waals surface area contributed by atoms with E-state index in [2.05, 4.69) is 6.92 Å². The number of nitrogens with zero attached hydrogens (tertiary/aromatic N) is 1. The molecule has 6 heteroatoms. The standard InChI is InChI=1S/C17H35NO5/c1-2-3-4-7-10-23-11-8-5-6-9-18-12-15(20)17(22)16(21)14(18)13-19/h14-17,19-22H,2-13H2,1H3/t14-,15+,16-,17-/m0/s1. The fourth-order valence-electron chi connectivity index (χ4n) is 3.06. The number of unbranched alkanes of at least 4 members (excludes halogenated alkanes) is 5. The van der Waals surface area contributed by atoms with Gasteiger partial charge in [-0.25, -0.2) is 0 Å². The monoisotopic (exact) mass is 333 g/mol. The summed E-state index contributed by atoms with van der Waals surface area (Å²) in [6, 6.07) is -0.497. The van der Waals surface area contributed by atoms with Crippen LogP contribution < -0.4 is 0 Å². The SMILES string of the molecule is CCCCCCOCCCCCN1C[C@@H](O)[C@H](O)[C@@H](O)[C@@H]1CO. The van der Waals surface area contributed by atoms with Crippen molar-refractivity contribution < 1.29 is 25.2 Å². The minimum absolute atomic E-state index is 0.216. The summed E-state index contributed by atoms with van der Waals surface area (Å²) in [4.78, 5) is 1.87. The average Bonchev–Trinajstić information content (AvgIpc) is 2.54. The Morgan fingerprint density at radius 2 is 1.57 bits per heavy atom. The van der Waals surface area contributed by atoms with Gasteiger partial charge in [0, 0.05) is 19.8 Å². The Kier molecular flexibility index (Phi) is 11.0. The van der Waals surface area contributed by atoms with E-state index in [4.69, 9.17) is 4.74 Å². The number of hydrogen-bond acceptors (Lipinski definition) is 6. The lowest BCUT2D eigenvalue weighted by Crippen LogP contribution is -2.62. The molecule has 0 saturated carbocycles. The molecule has 0 spiro atoms. The molecule has 1 fully saturated rings. The number of ether oxygens (including phenoxy) is 1. The predicted molar refractivity (Wildman–Crippen MR) is 89.3 cm³/mol. The highest BCUT2D eigenvalue weighted by Crippen LogP contribution is 2.19. The van der Waals surface area contributed by atoms with E-state index in [9.17, 15) is 20.4 Å². The highest BCUT2D eigenvalue weighted by molar-refractivity contribution is 4.93. The van der Waals surface area contributed by atoms with Crippen LogP contribution >= 0.6 is 0 Å². The normalized spacial score (nSPS) is 29.1. The van der Waals surface area contributed by atoms with Crippen molar-refractivity contribution >= 4 is 0 Å². The van der Waals surface area contributed by atoms with Crippen LogP contribution in [0.4, 0.5) is 0 Å². The molecular formula is C17H35NO5. The van der Waals surface area contributed by atoms with Crippen molar-refractivity contribution in [3.05, 3.63) is 0 Å². The Bertz CT molecular complexity index is 292. The lowest BCUT2D eigenvalue weighted by molar-refractivity contribution is -0.145. The van der Waals surface area contributed by atoms with Crippen LogP contribution in [0.5, 0.6) is 0 Å². The van der Waals surface area contributed by atoms with Gasteiger partial charge in [-0.1, -0.05) is 26.2 Å². The molecule has 1 rings (SSSR count). The molecule has 0 radical (unpaired) electrons. The van der Waals surface area contributed by atoms with Crippen LogP contribution in [0.2, 0.25) is 0 Å². The molecule has 1 aliphatic heterocycles. The van der Waals surface area contributed by atoms with Gasteiger partial charge in [0.15, 0.2) is 0 Å². The van der Waals surface area contributed by atoms with Gasteiger partial charge in [-0.3, -0.25) is 4.90 Å². The minimum Gasteiger partial charge on any atom is -0.395 e. The second-order valence-corrected chi connectivity index (χ2v) is 6.53. The quantitative estimate of drug-likeness (QED) is 0.389. The summed E-state index contributed by atoms with van der Waals surface area (Å²) in [5.41, 5.74) is 0. The molecule has 0 amide bonds. The van der Waals surface area contributed by atoms with Crippen LogP contribution in [0.25, 0.3) is 0 Å². The maximum atomic E-state index is 9.91. The average molecular weight is 333 g/mol. The lowest BCUT2D eigenvalue weighted by atomic mass is 9.94. The van der Waals surface area contributed by atoms with Crippen LogP contribution in [-0.4, -0.2) is 82.6 Å². The smallest absolute Gasteiger partial charge is 0.109 e. The van der Waals surface area contributed by atoms with Crippen molar-refractivity contribution in [1.82, 2.24) is 4.90 Å². The number of aliphatic hydroxyl groups is 4. The van der Waals surface area contributed by atoms with Crippen LogP contribution in [0, 0.1) is 0 Å². The highest BCUT2D eigenvalue weighted by atomic mass is 16.5. The third-order valence-electron chi connectivity index (χ3n) is 4.59. The molecule has 1 heterocycles. The molecule has 0 unspecified atom stereocenters. The molecule has 0 bridgehead atoms.